The molecule has 0 aromatic heterocycles. The summed E-state index contributed by atoms with van der Waals surface area (Å²) in [4.78, 5) is 0. The van der Waals surface area contributed by atoms with E-state index in [1.807, 2.05) is 18.2 Å². The first-order valence-electron chi connectivity index (χ1n) is 5.58. The molecule has 0 saturated heterocycles. The minimum atomic E-state index is -2.80. The smallest absolute Gasteiger partial charge is 0.148 e. The molecule has 0 heterocycles. The molecule has 0 radical (unpaired) electrons. The molecule has 0 aliphatic heterocycles. The van der Waals surface area contributed by atoms with Gasteiger partial charge in [-0.05, 0) is 5.56 Å². The second-order valence-electron chi connectivity index (χ2n) is 3.90. The SMILES string of the molecule is CS(=O)(=O)CCSCCNCc1ccccc1. The van der Waals surface area contributed by atoms with Crippen molar-refractivity contribution in [3.8, 4) is 0 Å². The standard InChI is InChI=1S/C12H19NO2S2/c1-17(14,15)10-9-16-8-7-13-11-12-5-3-2-4-6-12/h2-6,13H,7-11H2,1H3. The van der Waals surface area contributed by atoms with E-state index >= 15 is 0 Å². The number of thioether (sulfide) groups is 1. The van der Waals surface area contributed by atoms with Crippen LogP contribution in [0, 0.1) is 0 Å². The van der Waals surface area contributed by atoms with Crippen molar-refractivity contribution in [3.63, 3.8) is 0 Å². The fourth-order valence-corrected chi connectivity index (χ4v) is 3.46. The molecular weight excluding hydrogens is 254 g/mol. The van der Waals surface area contributed by atoms with Gasteiger partial charge in [-0.2, -0.15) is 11.8 Å². The quantitative estimate of drug-likeness (QED) is 0.730. The molecular formula is C12H19NO2S2. The Kier molecular flexibility index (Phi) is 6.62. The normalized spacial score (nSPS) is 11.6. The van der Waals surface area contributed by atoms with Crippen molar-refractivity contribution < 1.29 is 8.42 Å². The van der Waals surface area contributed by atoms with Crippen molar-refractivity contribution in [2.45, 2.75) is 6.54 Å². The van der Waals surface area contributed by atoms with Gasteiger partial charge in [0.1, 0.15) is 9.84 Å². The Hall–Kier alpha value is -0.520. The third kappa shape index (κ3) is 8.24. The summed E-state index contributed by atoms with van der Waals surface area (Å²) in [6.07, 6.45) is 1.28. The van der Waals surface area contributed by atoms with Gasteiger partial charge in [-0.3, -0.25) is 0 Å². The number of hydrogen-bond donors (Lipinski definition) is 1. The summed E-state index contributed by atoms with van der Waals surface area (Å²) in [6.45, 7) is 1.77. The molecule has 0 unspecified atom stereocenters. The zero-order chi connectivity index (χ0) is 12.6. The second kappa shape index (κ2) is 7.74. The molecule has 1 aromatic rings. The molecule has 5 heteroatoms. The Balaban J connectivity index is 1.99. The highest BCUT2D eigenvalue weighted by molar-refractivity contribution is 8.00. The summed E-state index contributed by atoms with van der Waals surface area (Å²) >= 11 is 1.67. The molecule has 0 bridgehead atoms. The van der Waals surface area contributed by atoms with Crippen LogP contribution in [0.5, 0.6) is 0 Å². The first kappa shape index (κ1) is 14.5. The lowest BCUT2D eigenvalue weighted by Crippen LogP contribution is -2.17. The maximum Gasteiger partial charge on any atom is 0.148 e. The number of benzene rings is 1. The van der Waals surface area contributed by atoms with Gasteiger partial charge in [0, 0.05) is 30.9 Å². The third-order valence-corrected chi connectivity index (χ3v) is 4.38. The Labute approximate surface area is 108 Å². The lowest BCUT2D eigenvalue weighted by atomic mass is 10.2. The zero-order valence-corrected chi connectivity index (χ0v) is 11.7. The van der Waals surface area contributed by atoms with Crippen molar-refractivity contribution >= 4 is 21.6 Å². The van der Waals surface area contributed by atoms with Gasteiger partial charge < -0.3 is 5.32 Å². The highest BCUT2D eigenvalue weighted by Gasteiger charge is 2.00. The van der Waals surface area contributed by atoms with Gasteiger partial charge in [-0.15, -0.1) is 0 Å². The Morgan fingerprint density at radius 1 is 1.18 bits per heavy atom. The van der Waals surface area contributed by atoms with E-state index in [-0.39, 0.29) is 5.75 Å². The van der Waals surface area contributed by atoms with Crippen molar-refractivity contribution in [1.82, 2.24) is 5.32 Å². The minimum Gasteiger partial charge on any atom is -0.312 e. The molecule has 1 aromatic carbocycles. The van der Waals surface area contributed by atoms with Crippen LogP contribution in [0.15, 0.2) is 30.3 Å². The Morgan fingerprint density at radius 2 is 1.88 bits per heavy atom. The van der Waals surface area contributed by atoms with Gasteiger partial charge in [-0.25, -0.2) is 8.42 Å². The summed E-state index contributed by atoms with van der Waals surface area (Å²) in [5.74, 6) is 1.91. The number of nitrogens with one attached hydrogen (secondary N) is 1. The van der Waals surface area contributed by atoms with Crippen LogP contribution in [0.4, 0.5) is 0 Å². The van der Waals surface area contributed by atoms with Gasteiger partial charge >= 0.3 is 0 Å². The maximum atomic E-state index is 10.9. The average Bonchev–Trinajstić information content (AvgIpc) is 2.28. The number of rotatable bonds is 8. The van der Waals surface area contributed by atoms with E-state index in [1.54, 1.807) is 11.8 Å². The number of sulfone groups is 1. The first-order chi connectivity index (χ1) is 8.08. The van der Waals surface area contributed by atoms with Crippen molar-refractivity contribution in [2.75, 3.05) is 30.1 Å². The maximum absolute atomic E-state index is 10.9. The van der Waals surface area contributed by atoms with Crippen LogP contribution >= 0.6 is 11.8 Å². The largest absolute Gasteiger partial charge is 0.312 e. The molecule has 0 aliphatic carbocycles. The minimum absolute atomic E-state index is 0.274. The summed E-state index contributed by atoms with van der Waals surface area (Å²) in [6, 6.07) is 10.2. The van der Waals surface area contributed by atoms with Crippen LogP contribution in [0.2, 0.25) is 0 Å². The fourth-order valence-electron chi connectivity index (χ4n) is 1.29. The third-order valence-electron chi connectivity index (χ3n) is 2.19. The van der Waals surface area contributed by atoms with Crippen LogP contribution in [-0.4, -0.2) is 38.5 Å². The van der Waals surface area contributed by atoms with Gasteiger partial charge in [0.2, 0.25) is 0 Å². The Morgan fingerprint density at radius 3 is 2.53 bits per heavy atom. The molecule has 17 heavy (non-hydrogen) atoms. The van der Waals surface area contributed by atoms with Gasteiger partial charge in [-0.1, -0.05) is 30.3 Å². The van der Waals surface area contributed by atoms with E-state index in [9.17, 15) is 8.42 Å². The predicted octanol–water partition coefficient (Wildman–Crippen LogP) is 1.55. The van der Waals surface area contributed by atoms with Gasteiger partial charge in [0.15, 0.2) is 0 Å². The molecule has 1 rings (SSSR count). The highest BCUT2D eigenvalue weighted by atomic mass is 32.2. The van der Waals surface area contributed by atoms with Crippen LogP contribution in [0.25, 0.3) is 0 Å². The van der Waals surface area contributed by atoms with E-state index < -0.39 is 9.84 Å². The molecule has 0 fully saturated rings. The molecule has 1 N–H and O–H groups in total. The topological polar surface area (TPSA) is 46.2 Å². The highest BCUT2D eigenvalue weighted by Crippen LogP contribution is 2.01. The van der Waals surface area contributed by atoms with E-state index in [4.69, 9.17) is 0 Å². The van der Waals surface area contributed by atoms with Crippen LogP contribution in [0.1, 0.15) is 5.56 Å². The molecule has 96 valence electrons. The molecule has 0 saturated carbocycles. The van der Waals surface area contributed by atoms with Crippen molar-refractivity contribution in [2.24, 2.45) is 0 Å². The Bertz CT molecular complexity index is 404. The van der Waals surface area contributed by atoms with Crippen molar-refractivity contribution in [1.29, 1.82) is 0 Å². The molecule has 0 atom stereocenters. The summed E-state index contributed by atoms with van der Waals surface area (Å²) in [5.41, 5.74) is 1.27. The van der Waals surface area contributed by atoms with E-state index in [0.717, 1.165) is 18.8 Å². The zero-order valence-electron chi connectivity index (χ0n) is 10.1. The average molecular weight is 273 g/mol. The number of hydrogen-bond acceptors (Lipinski definition) is 4. The van der Waals surface area contributed by atoms with Crippen molar-refractivity contribution in [3.05, 3.63) is 35.9 Å². The molecule has 0 aliphatic rings. The lowest BCUT2D eigenvalue weighted by Gasteiger charge is -2.04. The lowest BCUT2D eigenvalue weighted by molar-refractivity contribution is 0.603. The van der Waals surface area contributed by atoms with Crippen LogP contribution in [0.3, 0.4) is 0 Å². The van der Waals surface area contributed by atoms with Crippen LogP contribution in [-0.2, 0) is 16.4 Å². The second-order valence-corrected chi connectivity index (χ2v) is 7.39. The molecule has 3 nitrogen and oxygen atoms in total. The van der Waals surface area contributed by atoms with Gasteiger partial charge in [0.05, 0.1) is 5.75 Å². The van der Waals surface area contributed by atoms with Gasteiger partial charge in [0.25, 0.3) is 0 Å². The summed E-state index contributed by atoms with van der Waals surface area (Å²) in [5, 5.41) is 3.33. The fraction of sp³-hybridized carbons (Fsp3) is 0.500. The first-order valence-corrected chi connectivity index (χ1v) is 8.79. The van der Waals surface area contributed by atoms with E-state index in [1.165, 1.54) is 11.8 Å². The predicted molar refractivity (Wildman–Crippen MR) is 75.2 cm³/mol. The summed E-state index contributed by atoms with van der Waals surface area (Å²) < 4.78 is 21.8. The summed E-state index contributed by atoms with van der Waals surface area (Å²) in [7, 11) is -2.80. The monoisotopic (exact) mass is 273 g/mol. The molecule has 0 amide bonds. The molecule has 0 spiro atoms. The van der Waals surface area contributed by atoms with E-state index in [0.29, 0.717) is 5.75 Å². The van der Waals surface area contributed by atoms with Crippen LogP contribution < -0.4 is 5.32 Å². The van der Waals surface area contributed by atoms with E-state index in [2.05, 4.69) is 17.4 Å².